The van der Waals surface area contributed by atoms with E-state index in [1.54, 1.807) is 19.5 Å². The highest BCUT2D eigenvalue weighted by Crippen LogP contribution is 2.35. The predicted octanol–water partition coefficient (Wildman–Crippen LogP) is 3.51. The Labute approximate surface area is 193 Å². The number of aromatic nitrogens is 4. The van der Waals surface area contributed by atoms with Crippen molar-refractivity contribution in [2.24, 2.45) is 0 Å². The zero-order valence-corrected chi connectivity index (χ0v) is 19.1. The van der Waals surface area contributed by atoms with Crippen LogP contribution in [-0.2, 0) is 13.0 Å². The van der Waals surface area contributed by atoms with Crippen molar-refractivity contribution >= 4 is 11.7 Å². The average molecular weight is 445 g/mol. The molecule has 170 valence electrons. The molecule has 0 radical (unpaired) electrons. The lowest BCUT2D eigenvalue weighted by molar-refractivity contribution is 0.0723. The normalized spacial score (nSPS) is 17.7. The van der Waals surface area contributed by atoms with Gasteiger partial charge in [0.2, 0.25) is 0 Å². The van der Waals surface area contributed by atoms with Crippen LogP contribution < -0.4 is 9.64 Å². The number of nitrogens with zero attached hydrogens (tertiary/aromatic N) is 6. The molecule has 0 bridgehead atoms. The van der Waals surface area contributed by atoms with Crippen molar-refractivity contribution in [3.05, 3.63) is 71.2 Å². The minimum absolute atomic E-state index is 0.115. The quantitative estimate of drug-likeness (QED) is 0.595. The number of rotatable bonds is 5. The van der Waals surface area contributed by atoms with Crippen molar-refractivity contribution in [1.82, 2.24) is 24.8 Å². The topological polar surface area (TPSA) is 84.3 Å². The maximum atomic E-state index is 13.1. The molecule has 2 aromatic heterocycles. The first-order valence-corrected chi connectivity index (χ1v) is 11.5. The minimum Gasteiger partial charge on any atom is -0.496 e. The van der Waals surface area contributed by atoms with Crippen LogP contribution in [-0.4, -0.2) is 50.9 Å². The second kappa shape index (κ2) is 9.13. The Hall–Kier alpha value is -3.55. The molecule has 33 heavy (non-hydrogen) atoms. The second-order valence-electron chi connectivity index (χ2n) is 8.55. The van der Waals surface area contributed by atoms with E-state index >= 15 is 0 Å². The minimum atomic E-state index is -0.154. The van der Waals surface area contributed by atoms with Gasteiger partial charge >= 0.3 is 0 Å². The van der Waals surface area contributed by atoms with Gasteiger partial charge in [-0.3, -0.25) is 9.78 Å². The van der Waals surface area contributed by atoms with Gasteiger partial charge in [0, 0.05) is 48.8 Å². The van der Waals surface area contributed by atoms with Crippen molar-refractivity contribution in [3.63, 3.8) is 0 Å². The molecule has 0 unspecified atom stereocenters. The Bertz CT molecular complexity index is 1150. The molecule has 0 saturated carbocycles. The van der Waals surface area contributed by atoms with Gasteiger partial charge < -0.3 is 14.5 Å². The predicted molar refractivity (Wildman–Crippen MR) is 124 cm³/mol. The second-order valence-corrected chi connectivity index (χ2v) is 8.55. The van der Waals surface area contributed by atoms with Crippen LogP contribution in [0.4, 0.5) is 5.82 Å². The fourth-order valence-electron chi connectivity index (χ4n) is 4.89. The highest BCUT2D eigenvalue weighted by Gasteiger charge is 2.35. The van der Waals surface area contributed by atoms with Gasteiger partial charge in [-0.25, -0.2) is 15.0 Å². The summed E-state index contributed by atoms with van der Waals surface area (Å²) in [7, 11) is 1.70. The van der Waals surface area contributed by atoms with Crippen molar-refractivity contribution in [2.45, 2.75) is 45.2 Å². The van der Waals surface area contributed by atoms with Gasteiger partial charge in [0.25, 0.3) is 5.91 Å². The Kier molecular flexibility index (Phi) is 5.90. The van der Waals surface area contributed by atoms with Crippen LogP contribution in [0.25, 0.3) is 0 Å². The van der Waals surface area contributed by atoms with E-state index in [2.05, 4.69) is 27.9 Å². The third kappa shape index (κ3) is 4.13. The average Bonchev–Trinajstić information content (AvgIpc) is 3.35. The molecule has 5 rings (SSSR count). The monoisotopic (exact) mass is 444 g/mol. The number of aryl methyl sites for hydroxylation is 1. The van der Waals surface area contributed by atoms with Crippen LogP contribution in [0.3, 0.4) is 0 Å². The lowest BCUT2D eigenvalue weighted by Crippen LogP contribution is -2.34. The molecule has 3 aromatic rings. The number of ether oxygens (including phenoxy) is 1. The smallest absolute Gasteiger partial charge is 0.274 e. The number of benzene rings is 1. The number of likely N-dealkylation sites (tertiary alicyclic amines) is 1. The summed E-state index contributed by atoms with van der Waals surface area (Å²) in [6.45, 7) is 4.37. The molecule has 1 saturated heterocycles. The van der Waals surface area contributed by atoms with E-state index in [9.17, 15) is 4.79 Å². The number of amides is 1. The van der Waals surface area contributed by atoms with Gasteiger partial charge in [-0.15, -0.1) is 0 Å². The van der Waals surface area contributed by atoms with E-state index in [1.807, 2.05) is 23.1 Å². The Morgan fingerprint density at radius 2 is 2.03 bits per heavy atom. The summed E-state index contributed by atoms with van der Waals surface area (Å²) in [5.74, 6) is 2.46. The van der Waals surface area contributed by atoms with E-state index in [1.165, 1.54) is 11.8 Å². The van der Waals surface area contributed by atoms with Crippen LogP contribution in [0.2, 0.25) is 0 Å². The summed E-state index contributed by atoms with van der Waals surface area (Å²) in [6, 6.07) is 7.96. The van der Waals surface area contributed by atoms with E-state index in [-0.39, 0.29) is 11.9 Å². The third-order valence-corrected chi connectivity index (χ3v) is 6.51. The number of hydrogen-bond donors (Lipinski definition) is 0. The zero-order valence-electron chi connectivity index (χ0n) is 19.1. The molecule has 8 nitrogen and oxygen atoms in total. The van der Waals surface area contributed by atoms with Crippen molar-refractivity contribution in [2.75, 3.05) is 25.1 Å². The maximum Gasteiger partial charge on any atom is 0.274 e. The van der Waals surface area contributed by atoms with Crippen molar-refractivity contribution in [3.8, 4) is 5.75 Å². The van der Waals surface area contributed by atoms with Gasteiger partial charge in [-0.2, -0.15) is 0 Å². The molecular weight excluding hydrogens is 416 g/mol. The molecule has 0 aliphatic carbocycles. The van der Waals surface area contributed by atoms with Gasteiger partial charge in [0.1, 0.15) is 17.3 Å². The molecular formula is C25H28N6O2. The first kappa shape index (κ1) is 21.3. The summed E-state index contributed by atoms with van der Waals surface area (Å²) in [4.78, 5) is 35.5. The first-order chi connectivity index (χ1) is 16.2. The highest BCUT2D eigenvalue weighted by atomic mass is 16.5. The van der Waals surface area contributed by atoms with E-state index in [0.717, 1.165) is 61.6 Å². The lowest BCUT2D eigenvalue weighted by atomic mass is 10.0. The van der Waals surface area contributed by atoms with E-state index < -0.39 is 0 Å². The van der Waals surface area contributed by atoms with E-state index in [0.29, 0.717) is 18.1 Å². The summed E-state index contributed by atoms with van der Waals surface area (Å²) in [6.07, 6.45) is 8.44. The first-order valence-electron chi connectivity index (χ1n) is 11.5. The molecule has 1 aromatic carbocycles. The van der Waals surface area contributed by atoms with Crippen LogP contribution in [0.1, 0.15) is 58.4 Å². The molecule has 2 aliphatic rings. The number of anilines is 1. The number of hydrogen-bond acceptors (Lipinski definition) is 7. The van der Waals surface area contributed by atoms with Gasteiger partial charge in [-0.1, -0.05) is 18.2 Å². The van der Waals surface area contributed by atoms with Crippen LogP contribution in [0.5, 0.6) is 5.75 Å². The Balaban J connectivity index is 1.47. The molecule has 1 atom stereocenters. The van der Waals surface area contributed by atoms with Crippen molar-refractivity contribution < 1.29 is 9.53 Å². The van der Waals surface area contributed by atoms with Gasteiger partial charge in [0.05, 0.1) is 19.3 Å². The summed E-state index contributed by atoms with van der Waals surface area (Å²) >= 11 is 0. The number of para-hydroxylation sites is 1. The maximum absolute atomic E-state index is 13.1. The Morgan fingerprint density at radius 3 is 2.85 bits per heavy atom. The number of fused-ring (bicyclic) bond motifs is 1. The zero-order chi connectivity index (χ0) is 22.8. The van der Waals surface area contributed by atoms with Gasteiger partial charge in [-0.05, 0) is 38.7 Å². The molecule has 2 aliphatic heterocycles. The fraction of sp³-hybridized carbons (Fsp3) is 0.400. The number of carbonyl (C=O) groups is 1. The summed E-state index contributed by atoms with van der Waals surface area (Å²) < 4.78 is 5.57. The Morgan fingerprint density at radius 1 is 1.15 bits per heavy atom. The highest BCUT2D eigenvalue weighted by molar-refractivity contribution is 5.92. The summed E-state index contributed by atoms with van der Waals surface area (Å²) in [5.41, 5.74) is 3.69. The molecule has 8 heteroatoms. The number of carbonyl (C=O) groups excluding carboxylic acids is 1. The number of methoxy groups -OCH3 is 1. The van der Waals surface area contributed by atoms with E-state index in [4.69, 9.17) is 14.7 Å². The standard InChI is InChI=1S/C25H28N6O2/c1-17-19-8-5-13-30(16-18-7-3-4-10-22(18)33-2)24(19)29-23(28-17)21-9-6-14-31(21)25(32)20-15-26-11-12-27-20/h3-4,7,10-12,15,21H,5-6,8-9,13-14,16H2,1-2H3/t21-/m1/s1. The molecule has 0 N–H and O–H groups in total. The van der Waals surface area contributed by atoms with Crippen LogP contribution in [0.15, 0.2) is 42.9 Å². The van der Waals surface area contributed by atoms with Crippen molar-refractivity contribution in [1.29, 1.82) is 0 Å². The summed E-state index contributed by atoms with van der Waals surface area (Å²) in [5, 5.41) is 0. The molecule has 1 fully saturated rings. The third-order valence-electron chi connectivity index (χ3n) is 6.51. The molecule has 0 spiro atoms. The van der Waals surface area contributed by atoms with Gasteiger partial charge in [0.15, 0.2) is 5.82 Å². The molecule has 4 heterocycles. The molecule has 1 amide bonds. The van der Waals surface area contributed by atoms with Crippen LogP contribution in [0, 0.1) is 6.92 Å². The fourth-order valence-corrected chi connectivity index (χ4v) is 4.89. The largest absolute Gasteiger partial charge is 0.496 e. The SMILES string of the molecule is COc1ccccc1CN1CCCc2c(C)nc([C@H]3CCCN3C(=O)c3cnccn3)nc21. The lowest BCUT2D eigenvalue weighted by Gasteiger charge is -2.32. The van der Waals surface area contributed by atoms with Crippen LogP contribution >= 0.6 is 0 Å².